The van der Waals surface area contributed by atoms with E-state index in [1.807, 2.05) is 41.0 Å². The van der Waals surface area contributed by atoms with Gasteiger partial charge in [0.25, 0.3) is 5.56 Å². The van der Waals surface area contributed by atoms with E-state index in [4.69, 9.17) is 9.73 Å². The molecule has 5 nitrogen and oxygen atoms in total. The summed E-state index contributed by atoms with van der Waals surface area (Å²) in [7, 11) is 1.65. The van der Waals surface area contributed by atoms with Gasteiger partial charge in [-0.2, -0.15) is 0 Å². The van der Waals surface area contributed by atoms with Crippen LogP contribution in [-0.2, 0) is 6.42 Å². The lowest BCUT2D eigenvalue weighted by Gasteiger charge is -2.30. The van der Waals surface area contributed by atoms with E-state index in [2.05, 4.69) is 34.1 Å². The molecule has 35 heavy (non-hydrogen) atoms. The Morgan fingerprint density at radius 1 is 1.11 bits per heavy atom. The Kier molecular flexibility index (Phi) is 5.46. The number of aromatic nitrogens is 1. The molecule has 1 atom stereocenters. The maximum Gasteiger partial charge on any atom is 0.271 e. The molecule has 0 spiro atoms. The molecule has 1 N–H and O–H groups in total. The molecular weight excluding hydrogens is 524 g/mol. The SMILES string of the molecule is COc1ccc([C@@H]2C3=C(N=c4s/c(=C\c5ccc(O)c(Br)c5)c(=O)n42)c2ccccc2CC3)cc1. The van der Waals surface area contributed by atoms with Crippen LogP contribution in [0.1, 0.15) is 34.7 Å². The molecular formula is C28H21BrN2O3S. The van der Waals surface area contributed by atoms with Crippen LogP contribution in [0.2, 0.25) is 0 Å². The number of rotatable bonds is 3. The average molecular weight is 545 g/mol. The molecule has 0 saturated heterocycles. The quantitative estimate of drug-likeness (QED) is 0.403. The molecule has 174 valence electrons. The fraction of sp³-hybridized carbons (Fsp3) is 0.143. The Labute approximate surface area is 214 Å². The minimum Gasteiger partial charge on any atom is -0.507 e. The summed E-state index contributed by atoms with van der Waals surface area (Å²) in [5, 5.41) is 9.84. The van der Waals surface area contributed by atoms with Gasteiger partial charge in [-0.3, -0.25) is 9.36 Å². The van der Waals surface area contributed by atoms with E-state index in [0.717, 1.165) is 41.0 Å². The number of phenols is 1. The van der Waals surface area contributed by atoms with E-state index in [-0.39, 0.29) is 17.4 Å². The lowest BCUT2D eigenvalue weighted by Crippen LogP contribution is -2.38. The second-order valence-electron chi connectivity index (χ2n) is 8.60. The molecule has 4 aromatic rings. The summed E-state index contributed by atoms with van der Waals surface area (Å²) >= 11 is 4.75. The van der Waals surface area contributed by atoms with Crippen molar-refractivity contribution in [3.8, 4) is 11.5 Å². The minimum absolute atomic E-state index is 0.0656. The van der Waals surface area contributed by atoms with Crippen molar-refractivity contribution in [1.29, 1.82) is 0 Å². The number of aromatic hydroxyl groups is 1. The van der Waals surface area contributed by atoms with Gasteiger partial charge < -0.3 is 9.84 Å². The average Bonchev–Trinajstić information content (AvgIpc) is 3.19. The number of hydrogen-bond donors (Lipinski definition) is 1. The molecule has 1 aliphatic carbocycles. The van der Waals surface area contributed by atoms with Crippen molar-refractivity contribution in [2.75, 3.05) is 7.11 Å². The van der Waals surface area contributed by atoms with Gasteiger partial charge in [-0.05, 0) is 81.4 Å². The van der Waals surface area contributed by atoms with Crippen LogP contribution in [-0.4, -0.2) is 16.8 Å². The zero-order valence-electron chi connectivity index (χ0n) is 18.9. The third kappa shape index (κ3) is 3.75. The maximum atomic E-state index is 13.8. The van der Waals surface area contributed by atoms with Crippen LogP contribution in [0.15, 0.2) is 86.6 Å². The Bertz CT molecular complexity index is 1680. The van der Waals surface area contributed by atoms with Gasteiger partial charge in [0.1, 0.15) is 11.5 Å². The fourth-order valence-corrected chi connectivity index (χ4v) is 6.27. The zero-order chi connectivity index (χ0) is 24.1. The Balaban J connectivity index is 1.60. The highest BCUT2D eigenvalue weighted by molar-refractivity contribution is 9.10. The van der Waals surface area contributed by atoms with Gasteiger partial charge in [-0.25, -0.2) is 4.99 Å². The first-order chi connectivity index (χ1) is 17.0. The van der Waals surface area contributed by atoms with Crippen molar-refractivity contribution >= 4 is 39.0 Å². The highest BCUT2D eigenvalue weighted by atomic mass is 79.9. The summed E-state index contributed by atoms with van der Waals surface area (Å²) in [6.07, 6.45) is 3.63. The molecule has 7 heteroatoms. The number of methoxy groups -OCH3 is 1. The number of allylic oxidation sites excluding steroid dienone is 1. The molecule has 0 amide bonds. The van der Waals surface area contributed by atoms with E-state index in [9.17, 15) is 9.90 Å². The first kappa shape index (κ1) is 22.1. The van der Waals surface area contributed by atoms with Crippen molar-refractivity contribution in [3.05, 3.63) is 119 Å². The highest BCUT2D eigenvalue weighted by Gasteiger charge is 2.32. The molecule has 2 heterocycles. The molecule has 3 aromatic carbocycles. The highest BCUT2D eigenvalue weighted by Crippen LogP contribution is 2.41. The Morgan fingerprint density at radius 3 is 2.69 bits per heavy atom. The van der Waals surface area contributed by atoms with Crippen LogP contribution in [0.5, 0.6) is 11.5 Å². The van der Waals surface area contributed by atoms with E-state index in [0.29, 0.717) is 13.8 Å². The lowest BCUT2D eigenvalue weighted by molar-refractivity contribution is 0.414. The van der Waals surface area contributed by atoms with Crippen LogP contribution >= 0.6 is 27.3 Å². The number of thiazole rings is 1. The van der Waals surface area contributed by atoms with Gasteiger partial charge in [0.2, 0.25) is 0 Å². The van der Waals surface area contributed by atoms with E-state index in [1.54, 1.807) is 25.3 Å². The number of halogens is 1. The number of hydrogen-bond acceptors (Lipinski definition) is 5. The number of ether oxygens (including phenoxy) is 1. The maximum absolute atomic E-state index is 13.8. The summed E-state index contributed by atoms with van der Waals surface area (Å²) in [5.74, 6) is 0.941. The molecule has 0 saturated carbocycles. The van der Waals surface area contributed by atoms with E-state index in [1.165, 1.54) is 22.5 Å². The van der Waals surface area contributed by atoms with Crippen molar-refractivity contribution in [2.24, 2.45) is 4.99 Å². The molecule has 0 radical (unpaired) electrons. The van der Waals surface area contributed by atoms with E-state index >= 15 is 0 Å². The topological polar surface area (TPSA) is 63.8 Å². The van der Waals surface area contributed by atoms with Gasteiger partial charge >= 0.3 is 0 Å². The molecule has 1 aromatic heterocycles. The number of fused-ring (bicyclic) bond motifs is 3. The zero-order valence-corrected chi connectivity index (χ0v) is 21.3. The summed E-state index contributed by atoms with van der Waals surface area (Å²) in [6, 6.07) is 21.3. The molecule has 6 rings (SSSR count). The second-order valence-corrected chi connectivity index (χ2v) is 10.5. The van der Waals surface area contributed by atoms with Crippen molar-refractivity contribution in [1.82, 2.24) is 4.57 Å². The summed E-state index contributed by atoms with van der Waals surface area (Å²) in [4.78, 5) is 19.5. The monoisotopic (exact) mass is 544 g/mol. The standard InChI is InChI=1S/C28H21BrN2O3S/c1-34-19-10-7-18(8-11-19)26-21-12-9-17-4-2-3-5-20(17)25(21)30-28-31(26)27(33)24(35-28)15-16-6-13-23(32)22(29)14-16/h2-8,10-11,13-15,26,32H,9,12H2,1H3/b24-15-/t26-/m1/s1. The predicted octanol–water partition coefficient (Wildman–Crippen LogP) is 4.80. The summed E-state index contributed by atoms with van der Waals surface area (Å²) in [6.45, 7) is 0. The van der Waals surface area contributed by atoms with Gasteiger partial charge in [0.05, 0.1) is 27.9 Å². The van der Waals surface area contributed by atoms with Crippen LogP contribution in [0.25, 0.3) is 11.8 Å². The first-order valence-corrected chi connectivity index (χ1v) is 12.9. The Morgan fingerprint density at radius 2 is 1.91 bits per heavy atom. The second kappa shape index (κ2) is 8.66. The fourth-order valence-electron chi connectivity index (χ4n) is 4.87. The molecule has 0 unspecified atom stereocenters. The van der Waals surface area contributed by atoms with Crippen LogP contribution in [0.4, 0.5) is 0 Å². The third-order valence-corrected chi connectivity index (χ3v) is 8.19. The third-order valence-electron chi connectivity index (χ3n) is 6.57. The van der Waals surface area contributed by atoms with Crippen LogP contribution < -0.4 is 19.6 Å². The number of benzene rings is 3. The van der Waals surface area contributed by atoms with Crippen molar-refractivity contribution < 1.29 is 9.84 Å². The van der Waals surface area contributed by atoms with Gasteiger partial charge in [0.15, 0.2) is 4.80 Å². The normalized spacial score (nSPS) is 16.9. The van der Waals surface area contributed by atoms with Gasteiger partial charge in [0, 0.05) is 5.56 Å². The van der Waals surface area contributed by atoms with Crippen LogP contribution in [0, 0.1) is 0 Å². The summed E-state index contributed by atoms with van der Waals surface area (Å²) in [5.41, 5.74) is 6.38. The van der Waals surface area contributed by atoms with Crippen LogP contribution in [0.3, 0.4) is 0 Å². The van der Waals surface area contributed by atoms with Crippen molar-refractivity contribution in [3.63, 3.8) is 0 Å². The molecule has 1 aliphatic heterocycles. The van der Waals surface area contributed by atoms with Crippen molar-refractivity contribution in [2.45, 2.75) is 18.9 Å². The van der Waals surface area contributed by atoms with E-state index < -0.39 is 0 Å². The van der Waals surface area contributed by atoms with Gasteiger partial charge in [-0.1, -0.05) is 53.8 Å². The molecule has 0 bridgehead atoms. The van der Waals surface area contributed by atoms with Gasteiger partial charge in [-0.15, -0.1) is 0 Å². The summed E-state index contributed by atoms with van der Waals surface area (Å²) < 4.78 is 8.39. The molecule has 0 fully saturated rings. The number of aryl methyl sites for hydroxylation is 1. The largest absolute Gasteiger partial charge is 0.507 e. The smallest absolute Gasteiger partial charge is 0.271 e. The Hall–Kier alpha value is -3.42. The lowest BCUT2D eigenvalue weighted by atomic mass is 9.83. The number of phenolic OH excluding ortho intramolecular Hbond substituents is 1. The number of nitrogens with zero attached hydrogens (tertiary/aromatic N) is 2. The predicted molar refractivity (Wildman–Crippen MR) is 142 cm³/mol. The minimum atomic E-state index is -0.228. The first-order valence-electron chi connectivity index (χ1n) is 11.3. The molecule has 2 aliphatic rings.